The molecule has 19 heavy (non-hydrogen) atoms. The standard InChI is InChI=1S/C15H14BrNOS/c16-15-6-2-1-5-13(15)9-18-10-14-8-12(11-19-14)4-3-7-17/h1-2,5-6,8,11H,7,9-10,17H2. The van der Waals surface area contributed by atoms with Gasteiger partial charge in [0, 0.05) is 20.3 Å². The molecule has 2 N–H and O–H groups in total. The Kier molecular flexibility index (Phi) is 5.62. The van der Waals surface area contributed by atoms with Gasteiger partial charge < -0.3 is 10.5 Å². The van der Waals surface area contributed by atoms with Crippen molar-refractivity contribution < 1.29 is 4.74 Å². The molecule has 0 aliphatic heterocycles. The molecule has 0 atom stereocenters. The van der Waals surface area contributed by atoms with Crippen LogP contribution in [-0.2, 0) is 18.0 Å². The smallest absolute Gasteiger partial charge is 0.0814 e. The van der Waals surface area contributed by atoms with E-state index in [1.807, 2.05) is 29.6 Å². The van der Waals surface area contributed by atoms with Gasteiger partial charge in [-0.3, -0.25) is 0 Å². The molecule has 0 radical (unpaired) electrons. The molecule has 0 bridgehead atoms. The number of ether oxygens (including phenoxy) is 1. The van der Waals surface area contributed by atoms with Crippen LogP contribution in [-0.4, -0.2) is 6.54 Å². The lowest BCUT2D eigenvalue weighted by Gasteiger charge is -2.04. The Labute approximate surface area is 125 Å². The van der Waals surface area contributed by atoms with Gasteiger partial charge in [0.25, 0.3) is 0 Å². The van der Waals surface area contributed by atoms with Gasteiger partial charge in [0.1, 0.15) is 0 Å². The van der Waals surface area contributed by atoms with E-state index in [0.717, 1.165) is 15.6 Å². The van der Waals surface area contributed by atoms with E-state index in [0.29, 0.717) is 19.8 Å². The minimum absolute atomic E-state index is 0.393. The summed E-state index contributed by atoms with van der Waals surface area (Å²) in [4.78, 5) is 1.17. The zero-order valence-corrected chi connectivity index (χ0v) is 12.8. The highest BCUT2D eigenvalue weighted by atomic mass is 79.9. The molecule has 1 aromatic heterocycles. The molecule has 0 fully saturated rings. The predicted octanol–water partition coefficient (Wildman–Crippen LogP) is 3.54. The molecule has 2 aromatic rings. The monoisotopic (exact) mass is 335 g/mol. The minimum Gasteiger partial charge on any atom is -0.371 e. The van der Waals surface area contributed by atoms with Crippen molar-refractivity contribution in [1.82, 2.24) is 0 Å². The third kappa shape index (κ3) is 4.48. The van der Waals surface area contributed by atoms with Crippen LogP contribution < -0.4 is 5.73 Å². The van der Waals surface area contributed by atoms with Crippen molar-refractivity contribution in [2.24, 2.45) is 5.73 Å². The molecule has 0 amide bonds. The molecule has 0 saturated heterocycles. The molecule has 0 spiro atoms. The Balaban J connectivity index is 1.86. The molecular formula is C15H14BrNOS. The van der Waals surface area contributed by atoms with Crippen LogP contribution in [0.4, 0.5) is 0 Å². The Morgan fingerprint density at radius 1 is 1.26 bits per heavy atom. The highest BCUT2D eigenvalue weighted by molar-refractivity contribution is 9.10. The highest BCUT2D eigenvalue weighted by Gasteiger charge is 2.01. The summed E-state index contributed by atoms with van der Waals surface area (Å²) in [5.74, 6) is 5.86. The molecule has 0 aliphatic rings. The first kappa shape index (κ1) is 14.3. The van der Waals surface area contributed by atoms with Gasteiger partial charge in [0.2, 0.25) is 0 Å². The average Bonchev–Trinajstić information content (AvgIpc) is 2.86. The van der Waals surface area contributed by atoms with Crippen LogP contribution in [0.5, 0.6) is 0 Å². The fourth-order valence-electron chi connectivity index (χ4n) is 1.55. The summed E-state index contributed by atoms with van der Waals surface area (Å²) in [6.45, 7) is 1.60. The maximum absolute atomic E-state index is 5.71. The normalized spacial score (nSPS) is 10.0. The summed E-state index contributed by atoms with van der Waals surface area (Å²) in [6, 6.07) is 10.1. The Hall–Kier alpha value is -1.12. The van der Waals surface area contributed by atoms with Crippen molar-refractivity contribution in [3.05, 3.63) is 56.2 Å². The predicted molar refractivity (Wildman–Crippen MR) is 82.9 cm³/mol. The van der Waals surface area contributed by atoms with Crippen LogP contribution in [0.15, 0.2) is 40.2 Å². The number of hydrogen-bond donors (Lipinski definition) is 1. The molecular weight excluding hydrogens is 322 g/mol. The first-order valence-electron chi connectivity index (χ1n) is 5.87. The molecule has 2 rings (SSSR count). The number of rotatable bonds is 4. The Morgan fingerprint density at radius 2 is 2.11 bits per heavy atom. The molecule has 98 valence electrons. The fourth-order valence-corrected chi connectivity index (χ4v) is 2.70. The molecule has 0 aliphatic carbocycles. The van der Waals surface area contributed by atoms with Crippen LogP contribution in [0.2, 0.25) is 0 Å². The van der Waals surface area contributed by atoms with Gasteiger partial charge in [-0.25, -0.2) is 0 Å². The van der Waals surface area contributed by atoms with E-state index in [1.165, 1.54) is 4.88 Å². The van der Waals surface area contributed by atoms with E-state index in [9.17, 15) is 0 Å². The lowest BCUT2D eigenvalue weighted by atomic mass is 10.2. The Morgan fingerprint density at radius 3 is 2.89 bits per heavy atom. The SMILES string of the molecule is NCC#Cc1csc(COCc2ccccc2Br)c1. The zero-order valence-electron chi connectivity index (χ0n) is 10.4. The lowest BCUT2D eigenvalue weighted by Crippen LogP contribution is -1.93. The second-order valence-corrected chi connectivity index (χ2v) is 5.74. The fraction of sp³-hybridized carbons (Fsp3) is 0.200. The van der Waals surface area contributed by atoms with Crippen LogP contribution >= 0.6 is 27.3 Å². The van der Waals surface area contributed by atoms with Gasteiger partial charge in [0.15, 0.2) is 0 Å². The summed E-state index contributed by atoms with van der Waals surface area (Å²) in [7, 11) is 0. The number of halogens is 1. The first-order valence-corrected chi connectivity index (χ1v) is 7.54. The average molecular weight is 336 g/mol. The topological polar surface area (TPSA) is 35.2 Å². The van der Waals surface area contributed by atoms with Crippen molar-refractivity contribution in [3.8, 4) is 11.8 Å². The number of benzene rings is 1. The molecule has 0 saturated carbocycles. The molecule has 1 aromatic carbocycles. The summed E-state index contributed by atoms with van der Waals surface area (Å²) in [6.07, 6.45) is 0. The summed E-state index contributed by atoms with van der Waals surface area (Å²) in [5, 5.41) is 2.03. The maximum atomic E-state index is 5.71. The second-order valence-electron chi connectivity index (χ2n) is 3.89. The number of hydrogen-bond acceptors (Lipinski definition) is 3. The van der Waals surface area contributed by atoms with Gasteiger partial charge in [-0.15, -0.1) is 11.3 Å². The van der Waals surface area contributed by atoms with Crippen molar-refractivity contribution in [2.45, 2.75) is 13.2 Å². The zero-order chi connectivity index (χ0) is 13.5. The molecule has 2 nitrogen and oxygen atoms in total. The van der Waals surface area contributed by atoms with E-state index in [-0.39, 0.29) is 0 Å². The Bertz CT molecular complexity index is 597. The number of thiophene rings is 1. The van der Waals surface area contributed by atoms with Gasteiger partial charge in [-0.2, -0.15) is 0 Å². The van der Waals surface area contributed by atoms with Crippen molar-refractivity contribution in [3.63, 3.8) is 0 Å². The van der Waals surface area contributed by atoms with Crippen molar-refractivity contribution in [1.29, 1.82) is 0 Å². The largest absolute Gasteiger partial charge is 0.371 e. The molecule has 0 unspecified atom stereocenters. The van der Waals surface area contributed by atoms with Gasteiger partial charge in [-0.1, -0.05) is 46.0 Å². The van der Waals surface area contributed by atoms with Crippen LogP contribution in [0.25, 0.3) is 0 Å². The number of nitrogens with two attached hydrogens (primary N) is 1. The van der Waals surface area contributed by atoms with E-state index in [2.05, 4.69) is 33.8 Å². The lowest BCUT2D eigenvalue weighted by molar-refractivity contribution is 0.109. The first-order chi connectivity index (χ1) is 9.29. The highest BCUT2D eigenvalue weighted by Crippen LogP contribution is 2.19. The van der Waals surface area contributed by atoms with Crippen LogP contribution in [0.1, 0.15) is 16.0 Å². The summed E-state index contributed by atoms with van der Waals surface area (Å²) in [5.41, 5.74) is 7.51. The van der Waals surface area contributed by atoms with E-state index in [4.69, 9.17) is 10.5 Å². The van der Waals surface area contributed by atoms with E-state index in [1.54, 1.807) is 11.3 Å². The maximum Gasteiger partial charge on any atom is 0.0814 e. The van der Waals surface area contributed by atoms with Crippen molar-refractivity contribution >= 4 is 27.3 Å². The molecule has 4 heteroatoms. The summed E-state index contributed by atoms with van der Waals surface area (Å²) < 4.78 is 6.79. The van der Waals surface area contributed by atoms with Gasteiger partial charge >= 0.3 is 0 Å². The summed E-state index contributed by atoms with van der Waals surface area (Å²) >= 11 is 5.17. The molecule has 1 heterocycles. The van der Waals surface area contributed by atoms with E-state index < -0.39 is 0 Å². The third-order valence-electron chi connectivity index (χ3n) is 2.45. The van der Waals surface area contributed by atoms with Crippen molar-refractivity contribution in [2.75, 3.05) is 6.54 Å². The third-order valence-corrected chi connectivity index (χ3v) is 4.13. The second kappa shape index (κ2) is 7.46. The van der Waals surface area contributed by atoms with Crippen LogP contribution in [0, 0.1) is 11.8 Å². The van der Waals surface area contributed by atoms with Gasteiger partial charge in [-0.05, 0) is 17.7 Å². The minimum atomic E-state index is 0.393. The quantitative estimate of drug-likeness (QED) is 0.867. The van der Waals surface area contributed by atoms with E-state index >= 15 is 0 Å². The van der Waals surface area contributed by atoms with Gasteiger partial charge in [0.05, 0.1) is 19.8 Å². The van der Waals surface area contributed by atoms with Crippen LogP contribution in [0.3, 0.4) is 0 Å².